The fraction of sp³-hybridized carbons (Fsp3) is 0.120. The summed E-state index contributed by atoms with van der Waals surface area (Å²) in [6.07, 6.45) is 6.61. The van der Waals surface area contributed by atoms with Crippen LogP contribution in [0.5, 0.6) is 5.75 Å². The van der Waals surface area contributed by atoms with Crippen molar-refractivity contribution in [1.82, 2.24) is 9.97 Å². The molecule has 32 heavy (non-hydrogen) atoms. The average molecular weight is 450 g/mol. The summed E-state index contributed by atoms with van der Waals surface area (Å²) in [6.45, 7) is 3.60. The first-order valence-corrected chi connectivity index (χ1v) is 10.3. The second-order valence-corrected chi connectivity index (χ2v) is 7.74. The summed E-state index contributed by atoms with van der Waals surface area (Å²) >= 11 is 6.26. The molecule has 0 saturated carbocycles. The number of pyridine rings is 1. The third-order valence-corrected chi connectivity index (χ3v) is 5.42. The van der Waals surface area contributed by atoms with Gasteiger partial charge < -0.3 is 15.0 Å². The largest absolute Gasteiger partial charge is 0.493 e. The fourth-order valence-corrected chi connectivity index (χ4v) is 3.81. The van der Waals surface area contributed by atoms with E-state index in [2.05, 4.69) is 15.3 Å². The van der Waals surface area contributed by atoms with E-state index < -0.39 is 5.82 Å². The number of aryl methyl sites for hydroxylation is 1. The lowest BCUT2D eigenvalue weighted by Gasteiger charge is -2.11. The van der Waals surface area contributed by atoms with Gasteiger partial charge in [0, 0.05) is 34.5 Å². The molecule has 162 valence electrons. The Labute approximate surface area is 189 Å². The van der Waals surface area contributed by atoms with Crippen molar-refractivity contribution in [2.45, 2.75) is 13.8 Å². The number of halogens is 2. The van der Waals surface area contributed by atoms with E-state index in [4.69, 9.17) is 16.3 Å². The Kier molecular flexibility index (Phi) is 5.97. The van der Waals surface area contributed by atoms with Gasteiger partial charge in [-0.05, 0) is 61.4 Å². The van der Waals surface area contributed by atoms with Crippen molar-refractivity contribution in [1.29, 1.82) is 0 Å². The van der Waals surface area contributed by atoms with Gasteiger partial charge >= 0.3 is 0 Å². The minimum atomic E-state index is -0.417. The number of aromatic amines is 1. The molecule has 7 heteroatoms. The smallest absolute Gasteiger partial charge is 0.248 e. The zero-order chi connectivity index (χ0) is 22.8. The van der Waals surface area contributed by atoms with Gasteiger partial charge in [0.05, 0.1) is 17.8 Å². The van der Waals surface area contributed by atoms with E-state index in [0.29, 0.717) is 21.9 Å². The first kappa shape index (κ1) is 21.6. The number of hydrogen-bond donors (Lipinski definition) is 2. The van der Waals surface area contributed by atoms with Crippen LogP contribution in [-0.2, 0) is 4.79 Å². The van der Waals surface area contributed by atoms with Gasteiger partial charge in [0.1, 0.15) is 5.65 Å². The van der Waals surface area contributed by atoms with E-state index in [1.54, 1.807) is 37.5 Å². The van der Waals surface area contributed by atoms with Gasteiger partial charge in [-0.1, -0.05) is 23.7 Å². The molecule has 4 rings (SSSR count). The summed E-state index contributed by atoms with van der Waals surface area (Å²) in [5, 5.41) is 4.03. The SMILES string of the molecule is C/C=C/C(=O)Nc1cc(-c2cnc3[nH]cc(-c4cc(C)cc(F)c4OC)c3c2)ccc1Cl. The van der Waals surface area contributed by atoms with Crippen LogP contribution in [0.1, 0.15) is 12.5 Å². The Hall–Kier alpha value is -3.64. The van der Waals surface area contributed by atoms with E-state index in [0.717, 1.165) is 27.6 Å². The Balaban J connectivity index is 1.82. The van der Waals surface area contributed by atoms with Crippen molar-refractivity contribution in [2.24, 2.45) is 0 Å². The minimum absolute atomic E-state index is 0.183. The maximum Gasteiger partial charge on any atom is 0.248 e. The normalized spacial score (nSPS) is 11.3. The molecule has 0 atom stereocenters. The van der Waals surface area contributed by atoms with Gasteiger partial charge in [0.15, 0.2) is 11.6 Å². The number of benzene rings is 2. The predicted molar refractivity (Wildman–Crippen MR) is 127 cm³/mol. The number of anilines is 1. The van der Waals surface area contributed by atoms with E-state index >= 15 is 0 Å². The number of H-pyrrole nitrogens is 1. The zero-order valence-corrected chi connectivity index (χ0v) is 18.5. The van der Waals surface area contributed by atoms with Gasteiger partial charge in [0.2, 0.25) is 5.91 Å². The van der Waals surface area contributed by atoms with Crippen LogP contribution in [0.25, 0.3) is 33.3 Å². The molecular weight excluding hydrogens is 429 g/mol. The molecule has 2 heterocycles. The van der Waals surface area contributed by atoms with Crippen LogP contribution >= 0.6 is 11.6 Å². The highest BCUT2D eigenvalue weighted by atomic mass is 35.5. The van der Waals surface area contributed by atoms with Crippen LogP contribution in [0.2, 0.25) is 5.02 Å². The minimum Gasteiger partial charge on any atom is -0.493 e. The van der Waals surface area contributed by atoms with Crippen LogP contribution < -0.4 is 10.1 Å². The fourth-order valence-electron chi connectivity index (χ4n) is 3.65. The number of methoxy groups -OCH3 is 1. The van der Waals surface area contributed by atoms with E-state index in [1.807, 2.05) is 25.1 Å². The lowest BCUT2D eigenvalue weighted by molar-refractivity contribution is -0.111. The van der Waals surface area contributed by atoms with Crippen molar-refractivity contribution in [3.63, 3.8) is 0 Å². The van der Waals surface area contributed by atoms with Crippen molar-refractivity contribution in [3.05, 3.63) is 77.3 Å². The van der Waals surface area contributed by atoms with Crippen molar-refractivity contribution < 1.29 is 13.9 Å². The summed E-state index contributed by atoms with van der Waals surface area (Å²) in [7, 11) is 1.45. The summed E-state index contributed by atoms with van der Waals surface area (Å²) in [5.74, 6) is -0.496. The molecule has 0 radical (unpaired) electrons. The molecule has 0 saturated heterocycles. The number of hydrogen-bond acceptors (Lipinski definition) is 3. The Bertz CT molecular complexity index is 1360. The molecule has 4 aromatic rings. The van der Waals surface area contributed by atoms with Crippen molar-refractivity contribution in [2.75, 3.05) is 12.4 Å². The molecule has 0 aliphatic carbocycles. The van der Waals surface area contributed by atoms with Crippen LogP contribution in [0.3, 0.4) is 0 Å². The number of nitrogens with one attached hydrogen (secondary N) is 2. The highest BCUT2D eigenvalue weighted by molar-refractivity contribution is 6.34. The van der Waals surface area contributed by atoms with Crippen LogP contribution in [0.4, 0.5) is 10.1 Å². The monoisotopic (exact) mass is 449 g/mol. The molecular formula is C25H21ClFN3O2. The van der Waals surface area contributed by atoms with Gasteiger partial charge in [-0.3, -0.25) is 4.79 Å². The molecule has 0 unspecified atom stereocenters. The molecule has 0 bridgehead atoms. The number of fused-ring (bicyclic) bond motifs is 1. The maximum absolute atomic E-state index is 14.5. The summed E-state index contributed by atoms with van der Waals surface area (Å²) in [5.41, 5.74) is 5.04. The molecule has 1 amide bonds. The lowest BCUT2D eigenvalue weighted by atomic mass is 9.99. The van der Waals surface area contributed by atoms with Crippen molar-refractivity contribution >= 4 is 34.2 Å². The molecule has 2 aromatic heterocycles. The highest BCUT2D eigenvalue weighted by Crippen LogP contribution is 2.38. The quantitative estimate of drug-likeness (QED) is 0.341. The van der Waals surface area contributed by atoms with Gasteiger partial charge in [0.25, 0.3) is 0 Å². The maximum atomic E-state index is 14.5. The summed E-state index contributed by atoms with van der Waals surface area (Å²) in [6, 6.07) is 10.7. The Morgan fingerprint density at radius 3 is 2.75 bits per heavy atom. The third kappa shape index (κ3) is 4.09. The number of rotatable bonds is 5. The Morgan fingerprint density at radius 1 is 1.19 bits per heavy atom. The van der Waals surface area contributed by atoms with Crippen LogP contribution in [0.15, 0.2) is 60.9 Å². The van der Waals surface area contributed by atoms with Crippen LogP contribution in [0, 0.1) is 12.7 Å². The number of carbonyl (C=O) groups excluding carboxylic acids is 1. The second-order valence-electron chi connectivity index (χ2n) is 7.33. The lowest BCUT2D eigenvalue weighted by Crippen LogP contribution is -2.08. The van der Waals surface area contributed by atoms with E-state index in [-0.39, 0.29) is 11.7 Å². The number of amides is 1. The molecule has 2 N–H and O–H groups in total. The number of aromatic nitrogens is 2. The summed E-state index contributed by atoms with van der Waals surface area (Å²) in [4.78, 5) is 19.6. The molecule has 2 aromatic carbocycles. The van der Waals surface area contributed by atoms with E-state index in [9.17, 15) is 9.18 Å². The number of nitrogens with zero attached hydrogens (tertiary/aromatic N) is 1. The molecule has 5 nitrogen and oxygen atoms in total. The van der Waals surface area contributed by atoms with Gasteiger partial charge in [-0.15, -0.1) is 0 Å². The number of carbonyl (C=O) groups is 1. The summed E-state index contributed by atoms with van der Waals surface area (Å²) < 4.78 is 19.8. The molecule has 0 fully saturated rings. The van der Waals surface area contributed by atoms with Gasteiger partial charge in [-0.25, -0.2) is 9.37 Å². The predicted octanol–water partition coefficient (Wildman–Crippen LogP) is 6.52. The van der Waals surface area contributed by atoms with Crippen molar-refractivity contribution in [3.8, 4) is 28.0 Å². The molecule has 0 spiro atoms. The number of ether oxygens (including phenoxy) is 1. The molecule has 0 aliphatic rings. The van der Waals surface area contributed by atoms with Crippen LogP contribution in [-0.4, -0.2) is 23.0 Å². The standard InChI is InChI=1S/C25H21ClFN3O2/c1-4-5-23(31)30-22-11-15(6-7-20(22)26)16-10-18-19(13-29-25(18)28-12-16)17-8-14(2)9-21(27)24(17)32-3/h4-13H,1-3H3,(H,28,29)(H,30,31)/b5-4+. The highest BCUT2D eigenvalue weighted by Gasteiger charge is 2.17. The molecule has 0 aliphatic heterocycles. The first-order chi connectivity index (χ1) is 15.4. The number of allylic oxidation sites excluding steroid dienone is 1. The third-order valence-electron chi connectivity index (χ3n) is 5.09. The van der Waals surface area contributed by atoms with Gasteiger partial charge in [-0.2, -0.15) is 0 Å². The average Bonchev–Trinajstić information content (AvgIpc) is 3.18. The van der Waals surface area contributed by atoms with E-state index in [1.165, 1.54) is 19.3 Å². The zero-order valence-electron chi connectivity index (χ0n) is 17.8. The first-order valence-electron chi connectivity index (χ1n) is 9.96. The topological polar surface area (TPSA) is 67.0 Å². The second kappa shape index (κ2) is 8.85. The Morgan fingerprint density at radius 2 is 2.00 bits per heavy atom.